The zero-order valence-corrected chi connectivity index (χ0v) is 10.6. The molecule has 2 heterocycles. The average molecular weight is 240 g/mol. The first-order valence-electron chi connectivity index (χ1n) is 7.07. The van der Waals surface area contributed by atoms with Gasteiger partial charge < -0.3 is 14.8 Å². The second kappa shape index (κ2) is 5.65. The van der Waals surface area contributed by atoms with E-state index in [9.17, 15) is 0 Å². The smallest absolute Gasteiger partial charge is 0.0936 e. The largest absolute Gasteiger partial charge is 0.376 e. The number of hydrogen-bond donors (Lipinski definition) is 1. The SMILES string of the molecule is C1CNC(C2CC2)CN(CC2COCCO2)C1. The Hall–Kier alpha value is -0.160. The van der Waals surface area contributed by atoms with Crippen molar-refractivity contribution in [2.75, 3.05) is 46.0 Å². The van der Waals surface area contributed by atoms with Gasteiger partial charge in [0.05, 0.1) is 25.9 Å². The summed E-state index contributed by atoms with van der Waals surface area (Å²) in [6.45, 7) is 6.94. The molecule has 0 bridgehead atoms. The fourth-order valence-corrected chi connectivity index (χ4v) is 2.93. The van der Waals surface area contributed by atoms with Gasteiger partial charge in [-0.05, 0) is 38.3 Å². The van der Waals surface area contributed by atoms with Crippen LogP contribution in [0.15, 0.2) is 0 Å². The molecule has 0 amide bonds. The molecule has 0 aromatic heterocycles. The second-order valence-electron chi connectivity index (χ2n) is 5.58. The lowest BCUT2D eigenvalue weighted by molar-refractivity contribution is -0.0976. The Kier molecular flexibility index (Phi) is 3.96. The van der Waals surface area contributed by atoms with E-state index in [0.29, 0.717) is 6.10 Å². The van der Waals surface area contributed by atoms with Crippen LogP contribution in [-0.4, -0.2) is 63.0 Å². The first-order valence-corrected chi connectivity index (χ1v) is 7.07. The zero-order chi connectivity index (χ0) is 11.5. The number of rotatable bonds is 3. The Morgan fingerprint density at radius 1 is 1.24 bits per heavy atom. The van der Waals surface area contributed by atoms with Crippen LogP contribution in [0.25, 0.3) is 0 Å². The maximum absolute atomic E-state index is 5.75. The minimum Gasteiger partial charge on any atom is -0.376 e. The highest BCUT2D eigenvalue weighted by Gasteiger charge is 2.33. The Bertz CT molecular complexity index is 240. The molecule has 2 unspecified atom stereocenters. The third-order valence-corrected chi connectivity index (χ3v) is 4.05. The minimum atomic E-state index is 0.293. The number of nitrogens with one attached hydrogen (secondary N) is 1. The quantitative estimate of drug-likeness (QED) is 0.778. The number of nitrogens with zero attached hydrogens (tertiary/aromatic N) is 1. The van der Waals surface area contributed by atoms with Crippen LogP contribution in [0.2, 0.25) is 0 Å². The van der Waals surface area contributed by atoms with Crippen LogP contribution in [0.5, 0.6) is 0 Å². The van der Waals surface area contributed by atoms with Crippen molar-refractivity contribution in [1.82, 2.24) is 10.2 Å². The maximum atomic E-state index is 5.75. The molecule has 0 aromatic rings. The highest BCUT2D eigenvalue weighted by molar-refractivity contribution is 4.90. The van der Waals surface area contributed by atoms with E-state index < -0.39 is 0 Å². The van der Waals surface area contributed by atoms with Gasteiger partial charge in [-0.15, -0.1) is 0 Å². The van der Waals surface area contributed by atoms with Gasteiger partial charge in [0.2, 0.25) is 0 Å². The summed E-state index contributed by atoms with van der Waals surface area (Å²) in [6.07, 6.45) is 4.40. The Labute approximate surface area is 104 Å². The first kappa shape index (κ1) is 11.9. The van der Waals surface area contributed by atoms with E-state index in [1.54, 1.807) is 0 Å². The van der Waals surface area contributed by atoms with Gasteiger partial charge in [0.25, 0.3) is 0 Å². The molecular formula is C13H24N2O2. The van der Waals surface area contributed by atoms with Crippen LogP contribution in [0, 0.1) is 5.92 Å². The van der Waals surface area contributed by atoms with Gasteiger partial charge in [0.1, 0.15) is 0 Å². The summed E-state index contributed by atoms with van der Waals surface area (Å²) in [4.78, 5) is 2.57. The molecule has 4 heteroatoms. The van der Waals surface area contributed by atoms with Gasteiger partial charge in [-0.3, -0.25) is 4.90 Å². The molecule has 1 N–H and O–H groups in total. The molecule has 3 fully saturated rings. The maximum Gasteiger partial charge on any atom is 0.0936 e. The fraction of sp³-hybridized carbons (Fsp3) is 1.00. The molecule has 17 heavy (non-hydrogen) atoms. The summed E-state index contributed by atoms with van der Waals surface area (Å²) < 4.78 is 11.2. The van der Waals surface area contributed by atoms with Crippen molar-refractivity contribution < 1.29 is 9.47 Å². The topological polar surface area (TPSA) is 33.7 Å². The number of ether oxygens (including phenoxy) is 2. The summed E-state index contributed by atoms with van der Waals surface area (Å²) >= 11 is 0. The van der Waals surface area contributed by atoms with Gasteiger partial charge in [0.15, 0.2) is 0 Å². The van der Waals surface area contributed by atoms with Crippen molar-refractivity contribution in [3.8, 4) is 0 Å². The van der Waals surface area contributed by atoms with E-state index in [0.717, 1.165) is 38.3 Å². The van der Waals surface area contributed by atoms with Crippen molar-refractivity contribution in [3.05, 3.63) is 0 Å². The standard InChI is InChI=1S/C13H24N2O2/c1-4-14-13(11-2-3-11)9-15(5-1)8-12-10-16-6-7-17-12/h11-14H,1-10H2. The zero-order valence-electron chi connectivity index (χ0n) is 10.6. The molecule has 3 rings (SSSR count). The van der Waals surface area contributed by atoms with Crippen LogP contribution < -0.4 is 5.32 Å². The molecule has 0 spiro atoms. The molecular weight excluding hydrogens is 216 g/mol. The molecule has 1 saturated carbocycles. The van der Waals surface area contributed by atoms with Crippen LogP contribution in [0.1, 0.15) is 19.3 Å². The predicted molar refractivity (Wildman–Crippen MR) is 66.1 cm³/mol. The third kappa shape index (κ3) is 3.41. The van der Waals surface area contributed by atoms with Crippen LogP contribution in [0.4, 0.5) is 0 Å². The van der Waals surface area contributed by atoms with Gasteiger partial charge in [0, 0.05) is 19.1 Å². The molecule has 0 radical (unpaired) electrons. The lowest BCUT2D eigenvalue weighted by Crippen LogP contribution is -2.44. The van der Waals surface area contributed by atoms with E-state index in [1.807, 2.05) is 0 Å². The molecule has 2 saturated heterocycles. The van der Waals surface area contributed by atoms with Crippen molar-refractivity contribution in [2.45, 2.75) is 31.4 Å². The van der Waals surface area contributed by atoms with E-state index in [-0.39, 0.29) is 0 Å². The summed E-state index contributed by atoms with van der Waals surface area (Å²) in [6, 6.07) is 0.724. The summed E-state index contributed by atoms with van der Waals surface area (Å²) in [5.74, 6) is 0.944. The van der Waals surface area contributed by atoms with Gasteiger partial charge in [-0.25, -0.2) is 0 Å². The summed E-state index contributed by atoms with van der Waals surface area (Å²) in [5.41, 5.74) is 0. The molecule has 2 atom stereocenters. The first-order chi connectivity index (χ1) is 8.42. The molecule has 3 aliphatic rings. The van der Waals surface area contributed by atoms with Gasteiger partial charge >= 0.3 is 0 Å². The van der Waals surface area contributed by atoms with Crippen molar-refractivity contribution >= 4 is 0 Å². The van der Waals surface area contributed by atoms with Crippen LogP contribution in [-0.2, 0) is 9.47 Å². The van der Waals surface area contributed by atoms with Crippen LogP contribution >= 0.6 is 0 Å². The van der Waals surface area contributed by atoms with Crippen molar-refractivity contribution in [2.24, 2.45) is 5.92 Å². The van der Waals surface area contributed by atoms with Crippen molar-refractivity contribution in [1.29, 1.82) is 0 Å². The van der Waals surface area contributed by atoms with Crippen molar-refractivity contribution in [3.63, 3.8) is 0 Å². The Balaban J connectivity index is 1.49. The molecule has 4 nitrogen and oxygen atoms in total. The summed E-state index contributed by atoms with van der Waals surface area (Å²) in [7, 11) is 0. The highest BCUT2D eigenvalue weighted by Crippen LogP contribution is 2.33. The molecule has 1 aliphatic carbocycles. The van der Waals surface area contributed by atoms with Gasteiger partial charge in [-0.1, -0.05) is 0 Å². The Morgan fingerprint density at radius 2 is 2.18 bits per heavy atom. The normalized spacial score (nSPS) is 36.7. The lowest BCUT2D eigenvalue weighted by atomic mass is 10.1. The molecule has 0 aromatic carbocycles. The summed E-state index contributed by atoms with van der Waals surface area (Å²) in [5, 5.41) is 3.70. The highest BCUT2D eigenvalue weighted by atomic mass is 16.6. The Morgan fingerprint density at radius 3 is 2.94 bits per heavy atom. The van der Waals surface area contributed by atoms with Gasteiger partial charge in [-0.2, -0.15) is 0 Å². The van der Waals surface area contributed by atoms with E-state index in [4.69, 9.17) is 9.47 Å². The molecule has 2 aliphatic heterocycles. The minimum absolute atomic E-state index is 0.293. The second-order valence-corrected chi connectivity index (χ2v) is 5.58. The lowest BCUT2D eigenvalue weighted by Gasteiger charge is -2.30. The number of hydrogen-bond acceptors (Lipinski definition) is 4. The molecule has 98 valence electrons. The monoisotopic (exact) mass is 240 g/mol. The van der Waals surface area contributed by atoms with E-state index >= 15 is 0 Å². The average Bonchev–Trinajstić information content (AvgIpc) is 3.16. The van der Waals surface area contributed by atoms with E-state index in [2.05, 4.69) is 10.2 Å². The fourth-order valence-electron chi connectivity index (χ4n) is 2.93. The predicted octanol–water partition coefficient (Wildman–Crippen LogP) is 0.476. The third-order valence-electron chi connectivity index (χ3n) is 4.05. The van der Waals surface area contributed by atoms with Crippen LogP contribution in [0.3, 0.4) is 0 Å². The van der Waals surface area contributed by atoms with E-state index in [1.165, 1.54) is 38.9 Å².